The zero-order chi connectivity index (χ0) is 18.3. The maximum absolute atomic E-state index is 12.3. The van der Waals surface area contributed by atoms with E-state index in [1.54, 1.807) is 42.5 Å². The molecule has 0 aromatic heterocycles. The Bertz CT molecular complexity index is 782. The van der Waals surface area contributed by atoms with Crippen LogP contribution in [0.3, 0.4) is 0 Å². The van der Waals surface area contributed by atoms with Crippen molar-refractivity contribution < 1.29 is 26.7 Å². The highest BCUT2D eigenvalue weighted by Crippen LogP contribution is 2.29. The first-order chi connectivity index (χ1) is 11.9. The quantitative estimate of drug-likeness (QED) is 0.687. The van der Waals surface area contributed by atoms with Crippen LogP contribution in [0.5, 0.6) is 11.5 Å². The summed E-state index contributed by atoms with van der Waals surface area (Å²) < 4.78 is 58.2. The molecular formula is C17H19F2NO4S. The standard InChI is InChI=1S/C17H19F2NO4S/c1-23-16-11-13(7-8-15(16)24-17(18)19)12-20-9-10-25(21,22)14-5-3-2-4-6-14/h2-8,11,17,20H,9-10,12H2,1H3. The molecule has 0 unspecified atom stereocenters. The fourth-order valence-electron chi connectivity index (χ4n) is 2.20. The normalized spacial score (nSPS) is 11.5. The largest absolute Gasteiger partial charge is 0.493 e. The molecule has 2 rings (SSSR count). The van der Waals surface area contributed by atoms with Gasteiger partial charge in [0.25, 0.3) is 0 Å². The molecule has 25 heavy (non-hydrogen) atoms. The molecule has 0 saturated carbocycles. The van der Waals surface area contributed by atoms with Gasteiger partial charge in [0.15, 0.2) is 21.3 Å². The number of hydrogen-bond acceptors (Lipinski definition) is 5. The number of hydrogen-bond donors (Lipinski definition) is 1. The van der Waals surface area contributed by atoms with Crippen LogP contribution < -0.4 is 14.8 Å². The Morgan fingerprint density at radius 3 is 2.44 bits per heavy atom. The predicted molar refractivity (Wildman–Crippen MR) is 89.8 cm³/mol. The highest BCUT2D eigenvalue weighted by atomic mass is 32.2. The molecule has 136 valence electrons. The van der Waals surface area contributed by atoms with Gasteiger partial charge in [-0.2, -0.15) is 8.78 Å². The number of nitrogens with one attached hydrogen (secondary N) is 1. The molecule has 5 nitrogen and oxygen atoms in total. The van der Waals surface area contributed by atoms with Crippen LogP contribution in [0.4, 0.5) is 8.78 Å². The molecule has 0 saturated heterocycles. The van der Waals surface area contributed by atoms with E-state index in [-0.39, 0.29) is 28.7 Å². The van der Waals surface area contributed by atoms with Gasteiger partial charge in [0.05, 0.1) is 17.8 Å². The van der Waals surface area contributed by atoms with Crippen molar-refractivity contribution in [3.63, 3.8) is 0 Å². The lowest BCUT2D eigenvalue weighted by Gasteiger charge is -2.12. The van der Waals surface area contributed by atoms with Crippen molar-refractivity contribution in [2.45, 2.75) is 18.1 Å². The Hall–Kier alpha value is -2.19. The van der Waals surface area contributed by atoms with Crippen molar-refractivity contribution >= 4 is 9.84 Å². The summed E-state index contributed by atoms with van der Waals surface area (Å²) in [5, 5.41) is 3.02. The van der Waals surface area contributed by atoms with E-state index in [0.29, 0.717) is 6.54 Å². The third-order valence-corrected chi connectivity index (χ3v) is 5.16. The Morgan fingerprint density at radius 2 is 1.80 bits per heavy atom. The minimum atomic E-state index is -3.34. The SMILES string of the molecule is COc1cc(CNCCS(=O)(=O)c2ccccc2)ccc1OC(F)F. The van der Waals surface area contributed by atoms with Crippen LogP contribution in [0, 0.1) is 0 Å². The van der Waals surface area contributed by atoms with E-state index < -0.39 is 16.4 Å². The zero-order valence-corrected chi connectivity index (χ0v) is 14.4. The first-order valence-electron chi connectivity index (χ1n) is 7.52. The number of sulfone groups is 1. The van der Waals surface area contributed by atoms with E-state index in [9.17, 15) is 17.2 Å². The van der Waals surface area contributed by atoms with E-state index in [0.717, 1.165) is 5.56 Å². The smallest absolute Gasteiger partial charge is 0.387 e. The van der Waals surface area contributed by atoms with Gasteiger partial charge in [0.1, 0.15) is 0 Å². The Labute approximate surface area is 145 Å². The van der Waals surface area contributed by atoms with Crippen molar-refractivity contribution in [3.05, 3.63) is 54.1 Å². The van der Waals surface area contributed by atoms with Crippen LogP contribution in [0.15, 0.2) is 53.4 Å². The van der Waals surface area contributed by atoms with Crippen molar-refractivity contribution in [3.8, 4) is 11.5 Å². The summed E-state index contributed by atoms with van der Waals surface area (Å²) in [5.41, 5.74) is 0.760. The summed E-state index contributed by atoms with van der Waals surface area (Å²) >= 11 is 0. The molecule has 2 aromatic carbocycles. The van der Waals surface area contributed by atoms with Crippen LogP contribution in [0.1, 0.15) is 5.56 Å². The van der Waals surface area contributed by atoms with Crippen molar-refractivity contribution in [1.29, 1.82) is 0 Å². The van der Waals surface area contributed by atoms with Gasteiger partial charge >= 0.3 is 6.61 Å². The van der Waals surface area contributed by atoms with Gasteiger partial charge in [-0.1, -0.05) is 24.3 Å². The van der Waals surface area contributed by atoms with Gasteiger partial charge in [-0.25, -0.2) is 8.42 Å². The van der Waals surface area contributed by atoms with Gasteiger partial charge in [-0.15, -0.1) is 0 Å². The molecule has 1 N–H and O–H groups in total. The van der Waals surface area contributed by atoms with E-state index in [1.165, 1.54) is 13.2 Å². The molecule has 0 aliphatic carbocycles. The summed E-state index contributed by atoms with van der Waals surface area (Å²) in [7, 11) is -1.98. The second kappa shape index (κ2) is 8.77. The number of benzene rings is 2. The number of halogens is 2. The highest BCUT2D eigenvalue weighted by molar-refractivity contribution is 7.91. The summed E-state index contributed by atoms with van der Waals surface area (Å²) in [4.78, 5) is 0.284. The Balaban J connectivity index is 1.89. The molecule has 0 amide bonds. The summed E-state index contributed by atoms with van der Waals surface area (Å²) in [6.07, 6.45) is 0. The molecule has 2 aromatic rings. The third-order valence-electron chi connectivity index (χ3n) is 3.42. The van der Waals surface area contributed by atoms with E-state index >= 15 is 0 Å². The second-order valence-electron chi connectivity index (χ2n) is 5.17. The lowest BCUT2D eigenvalue weighted by Crippen LogP contribution is -2.22. The maximum Gasteiger partial charge on any atom is 0.387 e. The number of ether oxygens (including phenoxy) is 2. The van der Waals surface area contributed by atoms with Crippen molar-refractivity contribution in [1.82, 2.24) is 5.32 Å². The second-order valence-corrected chi connectivity index (χ2v) is 7.28. The molecule has 0 bridgehead atoms. The van der Waals surface area contributed by atoms with Crippen LogP contribution >= 0.6 is 0 Å². The van der Waals surface area contributed by atoms with Crippen LogP contribution in [-0.2, 0) is 16.4 Å². The average molecular weight is 371 g/mol. The van der Waals surface area contributed by atoms with E-state index in [4.69, 9.17) is 4.74 Å². The molecule has 0 aliphatic heterocycles. The van der Waals surface area contributed by atoms with Gasteiger partial charge in [0, 0.05) is 13.1 Å². The van der Waals surface area contributed by atoms with Crippen molar-refractivity contribution in [2.24, 2.45) is 0 Å². The fraction of sp³-hybridized carbons (Fsp3) is 0.294. The van der Waals surface area contributed by atoms with Gasteiger partial charge in [-0.3, -0.25) is 0 Å². The minimum absolute atomic E-state index is 0.0409. The Morgan fingerprint density at radius 1 is 1.08 bits per heavy atom. The topological polar surface area (TPSA) is 64.6 Å². The van der Waals surface area contributed by atoms with Crippen LogP contribution in [-0.4, -0.2) is 34.4 Å². The number of alkyl halides is 2. The summed E-state index contributed by atoms with van der Waals surface area (Å²) in [6, 6.07) is 12.8. The van der Waals surface area contributed by atoms with Crippen LogP contribution in [0.2, 0.25) is 0 Å². The maximum atomic E-state index is 12.3. The minimum Gasteiger partial charge on any atom is -0.493 e. The van der Waals surface area contributed by atoms with Gasteiger partial charge in [-0.05, 0) is 29.8 Å². The van der Waals surface area contributed by atoms with E-state index in [2.05, 4.69) is 10.1 Å². The summed E-state index contributed by atoms with van der Waals surface area (Å²) in [5.74, 6) is 0.102. The van der Waals surface area contributed by atoms with Gasteiger partial charge < -0.3 is 14.8 Å². The molecule has 0 aliphatic rings. The number of methoxy groups -OCH3 is 1. The van der Waals surface area contributed by atoms with Crippen molar-refractivity contribution in [2.75, 3.05) is 19.4 Å². The zero-order valence-electron chi connectivity index (χ0n) is 13.6. The molecule has 0 atom stereocenters. The highest BCUT2D eigenvalue weighted by Gasteiger charge is 2.14. The third kappa shape index (κ3) is 5.68. The molecule has 0 radical (unpaired) electrons. The molecule has 0 spiro atoms. The fourth-order valence-corrected chi connectivity index (χ4v) is 3.42. The molecule has 0 fully saturated rings. The Kier molecular flexibility index (Phi) is 6.72. The molecular weight excluding hydrogens is 352 g/mol. The average Bonchev–Trinajstić information content (AvgIpc) is 2.60. The first kappa shape index (κ1) is 19.1. The lowest BCUT2D eigenvalue weighted by atomic mass is 10.2. The summed E-state index contributed by atoms with van der Waals surface area (Å²) in [6.45, 7) is -2.30. The monoisotopic (exact) mass is 371 g/mol. The number of rotatable bonds is 9. The predicted octanol–water partition coefficient (Wildman–Crippen LogP) is 2.86. The molecule has 0 heterocycles. The molecule has 8 heteroatoms. The first-order valence-corrected chi connectivity index (χ1v) is 9.18. The van der Waals surface area contributed by atoms with E-state index in [1.807, 2.05) is 0 Å². The van der Waals surface area contributed by atoms with Crippen LogP contribution in [0.25, 0.3) is 0 Å². The lowest BCUT2D eigenvalue weighted by molar-refractivity contribution is -0.0512. The van der Waals surface area contributed by atoms with Gasteiger partial charge in [0.2, 0.25) is 0 Å².